The van der Waals surface area contributed by atoms with Gasteiger partial charge in [-0.15, -0.1) is 0 Å². The smallest absolute Gasteiger partial charge is 0.273 e. The molecule has 0 radical (unpaired) electrons. The maximum absolute atomic E-state index is 12.7. The Labute approximate surface area is 115 Å². The van der Waals surface area contributed by atoms with E-state index >= 15 is 0 Å². The molecule has 2 aromatic rings. The molecule has 1 N–H and O–H groups in total. The molecule has 1 aromatic carbocycles. The molecular formula is C15H12N4O. The number of aryl methyl sites for hydroxylation is 1. The summed E-state index contributed by atoms with van der Waals surface area (Å²) < 4.78 is 0. The molecule has 4 rings (SSSR count). The fourth-order valence-corrected chi connectivity index (χ4v) is 2.75. The zero-order chi connectivity index (χ0) is 13.5. The molecule has 98 valence electrons. The number of amides is 1. The monoisotopic (exact) mass is 264 g/mol. The first-order valence-corrected chi connectivity index (χ1v) is 6.54. The number of para-hydroxylation sites is 1. The van der Waals surface area contributed by atoms with E-state index in [1.54, 1.807) is 11.2 Å². The Morgan fingerprint density at radius 1 is 1.15 bits per heavy atom. The molecule has 0 unspecified atom stereocenters. The van der Waals surface area contributed by atoms with Crippen molar-refractivity contribution in [3.63, 3.8) is 0 Å². The summed E-state index contributed by atoms with van der Waals surface area (Å²) in [7, 11) is 0. The van der Waals surface area contributed by atoms with Crippen LogP contribution in [0.3, 0.4) is 0 Å². The van der Waals surface area contributed by atoms with E-state index in [0.29, 0.717) is 0 Å². The molecule has 2 aliphatic rings. The van der Waals surface area contributed by atoms with E-state index in [1.807, 2.05) is 36.5 Å². The minimum Gasteiger partial charge on any atom is -0.298 e. The molecule has 5 nitrogen and oxygen atoms in total. The quantitative estimate of drug-likeness (QED) is 0.779. The number of rotatable bonds is 1. The van der Waals surface area contributed by atoms with Crippen LogP contribution in [-0.4, -0.2) is 16.1 Å². The van der Waals surface area contributed by atoms with E-state index in [2.05, 4.69) is 15.6 Å². The summed E-state index contributed by atoms with van der Waals surface area (Å²) in [5.74, 6) is -0.0158. The minimum absolute atomic E-state index is 0.0158. The Morgan fingerprint density at radius 3 is 2.85 bits per heavy atom. The maximum Gasteiger partial charge on any atom is 0.273 e. The van der Waals surface area contributed by atoms with Gasteiger partial charge in [0.25, 0.3) is 5.91 Å². The van der Waals surface area contributed by atoms with Gasteiger partial charge in [-0.3, -0.25) is 10.2 Å². The van der Waals surface area contributed by atoms with Crippen LogP contribution >= 0.6 is 0 Å². The van der Waals surface area contributed by atoms with Crippen molar-refractivity contribution >= 4 is 23.4 Å². The fraction of sp³-hybridized carbons (Fsp3) is 0.133. The third-order valence-corrected chi connectivity index (χ3v) is 3.69. The third-order valence-electron chi connectivity index (χ3n) is 3.69. The Balaban J connectivity index is 1.93. The van der Waals surface area contributed by atoms with Crippen molar-refractivity contribution in [2.75, 3.05) is 5.01 Å². The topological polar surface area (TPSA) is 58.1 Å². The lowest BCUT2D eigenvalue weighted by Crippen LogP contribution is -2.39. The molecule has 0 fully saturated rings. The number of hydrogen-bond donors (Lipinski definition) is 1. The van der Waals surface area contributed by atoms with E-state index in [1.165, 1.54) is 0 Å². The second-order valence-electron chi connectivity index (χ2n) is 4.85. The summed E-state index contributed by atoms with van der Waals surface area (Å²) in [5, 5.41) is 11.6. The van der Waals surface area contributed by atoms with Crippen molar-refractivity contribution in [2.45, 2.75) is 12.8 Å². The minimum atomic E-state index is -0.0158. The van der Waals surface area contributed by atoms with Gasteiger partial charge in [0.05, 0.1) is 17.6 Å². The van der Waals surface area contributed by atoms with Gasteiger partial charge in [0.2, 0.25) is 0 Å². The lowest BCUT2D eigenvalue weighted by atomic mass is 10.1. The zero-order valence-corrected chi connectivity index (χ0v) is 10.7. The summed E-state index contributed by atoms with van der Waals surface area (Å²) in [6.45, 7) is 0. The maximum atomic E-state index is 12.7. The first-order valence-electron chi connectivity index (χ1n) is 6.54. The van der Waals surface area contributed by atoms with Crippen LogP contribution in [0.1, 0.15) is 12.1 Å². The van der Waals surface area contributed by atoms with Gasteiger partial charge in [0, 0.05) is 22.2 Å². The van der Waals surface area contributed by atoms with Crippen LogP contribution in [-0.2, 0) is 11.2 Å². The van der Waals surface area contributed by atoms with Crippen LogP contribution in [0.15, 0.2) is 36.5 Å². The first-order chi connectivity index (χ1) is 9.84. The average Bonchev–Trinajstić information content (AvgIpc) is 2.87. The molecule has 1 aromatic heterocycles. The van der Waals surface area contributed by atoms with Gasteiger partial charge in [-0.25, -0.2) is 5.01 Å². The Morgan fingerprint density at radius 2 is 2.00 bits per heavy atom. The van der Waals surface area contributed by atoms with Gasteiger partial charge in [-0.05, 0) is 25.0 Å². The molecule has 0 spiro atoms. The van der Waals surface area contributed by atoms with E-state index in [-0.39, 0.29) is 5.91 Å². The molecule has 1 aliphatic carbocycles. The number of aromatic nitrogens is 2. The molecule has 1 amide bonds. The molecular weight excluding hydrogens is 252 g/mol. The number of carbonyl (C=O) groups is 1. The SMILES string of the molecule is O=C1C2=c3c(nncc3=CNN1c1ccccc1)CC2. The largest absolute Gasteiger partial charge is 0.298 e. The number of hydrazine groups is 1. The van der Waals surface area contributed by atoms with Crippen molar-refractivity contribution in [3.05, 3.63) is 52.7 Å². The van der Waals surface area contributed by atoms with Crippen LogP contribution in [0.5, 0.6) is 0 Å². The van der Waals surface area contributed by atoms with Crippen molar-refractivity contribution in [2.24, 2.45) is 0 Å². The fourth-order valence-electron chi connectivity index (χ4n) is 2.75. The molecule has 0 saturated heterocycles. The molecule has 0 bridgehead atoms. The Bertz CT molecular complexity index is 814. The summed E-state index contributed by atoms with van der Waals surface area (Å²) in [5.41, 5.74) is 5.62. The molecule has 5 heteroatoms. The van der Waals surface area contributed by atoms with Crippen molar-refractivity contribution in [1.82, 2.24) is 15.6 Å². The summed E-state index contributed by atoms with van der Waals surface area (Å²) in [6, 6.07) is 9.56. The van der Waals surface area contributed by atoms with Crippen LogP contribution in [0, 0.1) is 0 Å². The van der Waals surface area contributed by atoms with Crippen molar-refractivity contribution in [1.29, 1.82) is 0 Å². The number of anilines is 1. The van der Waals surface area contributed by atoms with Crippen LogP contribution in [0.2, 0.25) is 0 Å². The number of nitrogens with zero attached hydrogens (tertiary/aromatic N) is 3. The number of benzene rings is 1. The van der Waals surface area contributed by atoms with Gasteiger partial charge in [0.15, 0.2) is 0 Å². The molecule has 0 atom stereocenters. The zero-order valence-electron chi connectivity index (χ0n) is 10.7. The lowest BCUT2D eigenvalue weighted by molar-refractivity contribution is -0.113. The van der Waals surface area contributed by atoms with E-state index in [0.717, 1.165) is 40.2 Å². The number of carbonyl (C=O) groups excluding carboxylic acids is 1. The molecule has 0 saturated carbocycles. The lowest BCUT2D eigenvalue weighted by Gasteiger charge is -2.21. The second-order valence-corrected chi connectivity index (χ2v) is 4.85. The van der Waals surface area contributed by atoms with Gasteiger partial charge in [-0.2, -0.15) is 10.2 Å². The summed E-state index contributed by atoms with van der Waals surface area (Å²) in [4.78, 5) is 12.7. The van der Waals surface area contributed by atoms with E-state index in [9.17, 15) is 4.79 Å². The highest BCUT2D eigenvalue weighted by Crippen LogP contribution is 2.19. The van der Waals surface area contributed by atoms with E-state index in [4.69, 9.17) is 0 Å². The van der Waals surface area contributed by atoms with Crippen LogP contribution < -0.4 is 20.9 Å². The average molecular weight is 264 g/mol. The highest BCUT2D eigenvalue weighted by atomic mass is 16.2. The van der Waals surface area contributed by atoms with E-state index < -0.39 is 0 Å². The number of hydrogen-bond acceptors (Lipinski definition) is 4. The van der Waals surface area contributed by atoms with Crippen LogP contribution in [0.25, 0.3) is 11.8 Å². The Hall–Kier alpha value is -2.69. The van der Waals surface area contributed by atoms with Crippen LogP contribution in [0.4, 0.5) is 5.69 Å². The van der Waals surface area contributed by atoms with Gasteiger partial charge in [0.1, 0.15) is 0 Å². The highest BCUT2D eigenvalue weighted by Gasteiger charge is 2.27. The van der Waals surface area contributed by atoms with Crippen molar-refractivity contribution < 1.29 is 4.79 Å². The molecule has 20 heavy (non-hydrogen) atoms. The first kappa shape index (κ1) is 11.2. The predicted molar refractivity (Wildman–Crippen MR) is 74.5 cm³/mol. The third kappa shape index (κ3) is 1.53. The summed E-state index contributed by atoms with van der Waals surface area (Å²) in [6.07, 6.45) is 5.02. The van der Waals surface area contributed by atoms with Gasteiger partial charge in [-0.1, -0.05) is 18.2 Å². The second kappa shape index (κ2) is 4.16. The molecule has 1 aliphatic heterocycles. The Kier molecular flexibility index (Phi) is 2.32. The van der Waals surface area contributed by atoms with Gasteiger partial charge >= 0.3 is 0 Å². The van der Waals surface area contributed by atoms with Gasteiger partial charge < -0.3 is 0 Å². The van der Waals surface area contributed by atoms with Crippen molar-refractivity contribution in [3.8, 4) is 0 Å². The molecule has 2 heterocycles. The number of nitrogens with one attached hydrogen (secondary N) is 1. The summed E-state index contributed by atoms with van der Waals surface area (Å²) >= 11 is 0. The highest BCUT2D eigenvalue weighted by molar-refractivity contribution is 6.22. The standard InChI is InChI=1S/C15H12N4O/c20-15-12-6-7-13-14(12)10(8-16-18-13)9-17-19(15)11-4-2-1-3-5-11/h1-5,8-9,17H,6-7H2. The normalized spacial score (nSPS) is 16.3. The predicted octanol–water partition coefficient (Wildman–Crippen LogP) is -0.137.